The summed E-state index contributed by atoms with van der Waals surface area (Å²) in [4.78, 5) is 11.3. The minimum atomic E-state index is -0.0249. The maximum absolute atomic E-state index is 11.3. The summed E-state index contributed by atoms with van der Waals surface area (Å²) in [5.41, 5.74) is 2.66. The average molecular weight is 174 g/mol. The summed E-state index contributed by atoms with van der Waals surface area (Å²) in [5, 5.41) is 11.9. The molecule has 3 heteroatoms. The molecule has 0 amide bonds. The number of Topliss-reactive ketones (excluding diaryl/α,β-unsaturated/α-hetero) is 1. The fourth-order valence-electron chi connectivity index (χ4n) is 1.74. The third kappa shape index (κ3) is 1.41. The Balaban J connectivity index is 2.36. The third-order valence-corrected chi connectivity index (χ3v) is 2.49. The van der Waals surface area contributed by atoms with Crippen LogP contribution in [0.5, 0.6) is 0 Å². The zero-order valence-electron chi connectivity index (χ0n) is 7.26. The van der Waals surface area contributed by atoms with Crippen molar-refractivity contribution >= 4 is 5.78 Å². The summed E-state index contributed by atoms with van der Waals surface area (Å²) in [6.45, 7) is 1.75. The molecular weight excluding hydrogens is 164 g/mol. The van der Waals surface area contributed by atoms with Gasteiger partial charge in [0.1, 0.15) is 6.07 Å². The lowest BCUT2D eigenvalue weighted by molar-refractivity contribution is -0.114. The normalized spacial score (nSPS) is 22.1. The first-order valence-electron chi connectivity index (χ1n) is 4.38. The Hall–Kier alpha value is -1.40. The maximum atomic E-state index is 11.3. The van der Waals surface area contributed by atoms with Gasteiger partial charge in [0.15, 0.2) is 5.78 Å². The summed E-state index contributed by atoms with van der Waals surface area (Å²) in [5.74, 6) is -0.0249. The second kappa shape index (κ2) is 3.15. The SMILES string of the molecule is N#CC1=CC2=C(CCNC2)CC1=O. The molecule has 0 saturated heterocycles. The molecule has 0 radical (unpaired) electrons. The van der Waals surface area contributed by atoms with Crippen LogP contribution in [0, 0.1) is 11.3 Å². The quantitative estimate of drug-likeness (QED) is 0.588. The Morgan fingerprint density at radius 2 is 2.38 bits per heavy atom. The molecule has 0 unspecified atom stereocenters. The van der Waals surface area contributed by atoms with Gasteiger partial charge in [-0.2, -0.15) is 5.26 Å². The number of hydrogen-bond acceptors (Lipinski definition) is 3. The molecule has 0 saturated carbocycles. The van der Waals surface area contributed by atoms with Gasteiger partial charge in [-0.25, -0.2) is 0 Å². The fourth-order valence-corrected chi connectivity index (χ4v) is 1.74. The topological polar surface area (TPSA) is 52.9 Å². The van der Waals surface area contributed by atoms with E-state index in [0.717, 1.165) is 25.1 Å². The zero-order chi connectivity index (χ0) is 9.26. The highest BCUT2D eigenvalue weighted by atomic mass is 16.1. The zero-order valence-corrected chi connectivity index (χ0v) is 7.26. The second-order valence-corrected chi connectivity index (χ2v) is 3.33. The average Bonchev–Trinajstić information content (AvgIpc) is 2.17. The van der Waals surface area contributed by atoms with Crippen LogP contribution in [0.3, 0.4) is 0 Å². The molecule has 1 aliphatic heterocycles. The number of rotatable bonds is 0. The number of nitrogens with zero attached hydrogens (tertiary/aromatic N) is 1. The number of nitrogens with one attached hydrogen (secondary N) is 1. The van der Waals surface area contributed by atoms with Crippen molar-refractivity contribution < 1.29 is 4.79 Å². The summed E-state index contributed by atoms with van der Waals surface area (Å²) in [6, 6.07) is 1.94. The molecule has 0 atom stereocenters. The molecule has 0 spiro atoms. The van der Waals surface area contributed by atoms with E-state index in [1.807, 2.05) is 6.07 Å². The summed E-state index contributed by atoms with van der Waals surface area (Å²) < 4.78 is 0. The van der Waals surface area contributed by atoms with Gasteiger partial charge in [0.05, 0.1) is 5.57 Å². The van der Waals surface area contributed by atoms with E-state index in [9.17, 15) is 4.79 Å². The molecule has 66 valence electrons. The molecule has 2 rings (SSSR count). The highest BCUT2D eigenvalue weighted by molar-refractivity contribution is 6.02. The highest BCUT2D eigenvalue weighted by Gasteiger charge is 2.21. The van der Waals surface area contributed by atoms with E-state index in [-0.39, 0.29) is 5.78 Å². The molecule has 1 heterocycles. The van der Waals surface area contributed by atoms with Crippen molar-refractivity contribution in [3.63, 3.8) is 0 Å². The van der Waals surface area contributed by atoms with Crippen molar-refractivity contribution in [2.75, 3.05) is 13.1 Å². The van der Waals surface area contributed by atoms with Gasteiger partial charge in [-0.1, -0.05) is 5.57 Å². The Labute approximate surface area is 76.7 Å². The van der Waals surface area contributed by atoms with Gasteiger partial charge in [-0.3, -0.25) is 4.79 Å². The summed E-state index contributed by atoms with van der Waals surface area (Å²) in [6.07, 6.45) is 3.13. The molecule has 0 aromatic rings. The molecule has 0 aromatic carbocycles. The number of ketones is 1. The van der Waals surface area contributed by atoms with Gasteiger partial charge < -0.3 is 5.32 Å². The van der Waals surface area contributed by atoms with E-state index >= 15 is 0 Å². The first-order chi connectivity index (χ1) is 6.31. The molecule has 1 N–H and O–H groups in total. The second-order valence-electron chi connectivity index (χ2n) is 3.33. The van der Waals surface area contributed by atoms with Gasteiger partial charge in [0.2, 0.25) is 0 Å². The first kappa shape index (κ1) is 8.21. The predicted octanol–water partition coefficient (Wildman–Crippen LogP) is 0.699. The smallest absolute Gasteiger partial charge is 0.177 e. The monoisotopic (exact) mass is 174 g/mol. The van der Waals surface area contributed by atoms with Crippen molar-refractivity contribution in [2.24, 2.45) is 0 Å². The minimum Gasteiger partial charge on any atom is -0.312 e. The van der Waals surface area contributed by atoms with Crippen LogP contribution in [-0.2, 0) is 4.79 Å². The van der Waals surface area contributed by atoms with E-state index in [1.165, 1.54) is 5.57 Å². The predicted molar refractivity (Wildman–Crippen MR) is 47.8 cm³/mol. The molecule has 1 aliphatic carbocycles. The van der Waals surface area contributed by atoms with Gasteiger partial charge in [0.25, 0.3) is 0 Å². The molecular formula is C10H10N2O. The van der Waals surface area contributed by atoms with Crippen molar-refractivity contribution in [1.82, 2.24) is 5.32 Å². The molecule has 0 fully saturated rings. The van der Waals surface area contributed by atoms with Crippen molar-refractivity contribution in [1.29, 1.82) is 5.26 Å². The Kier molecular flexibility index (Phi) is 1.99. The molecule has 3 nitrogen and oxygen atoms in total. The lowest BCUT2D eigenvalue weighted by atomic mass is 9.88. The largest absolute Gasteiger partial charge is 0.312 e. The van der Waals surface area contributed by atoms with Crippen LogP contribution in [-0.4, -0.2) is 18.9 Å². The number of carbonyl (C=O) groups excluding carboxylic acids is 1. The van der Waals surface area contributed by atoms with Crippen molar-refractivity contribution in [2.45, 2.75) is 12.8 Å². The van der Waals surface area contributed by atoms with Gasteiger partial charge in [-0.15, -0.1) is 0 Å². The van der Waals surface area contributed by atoms with Crippen molar-refractivity contribution in [3.8, 4) is 6.07 Å². The Morgan fingerprint density at radius 3 is 3.15 bits per heavy atom. The van der Waals surface area contributed by atoms with E-state index in [1.54, 1.807) is 6.08 Å². The van der Waals surface area contributed by atoms with Crippen molar-refractivity contribution in [3.05, 3.63) is 22.8 Å². The van der Waals surface area contributed by atoms with Gasteiger partial charge in [0, 0.05) is 13.0 Å². The maximum Gasteiger partial charge on any atom is 0.177 e. The third-order valence-electron chi connectivity index (χ3n) is 2.49. The van der Waals surface area contributed by atoms with Crippen LogP contribution in [0.25, 0.3) is 0 Å². The standard InChI is InChI=1S/C10H10N2O/c11-5-8-3-9-6-12-2-1-7(9)4-10(8)13/h3,12H,1-2,4,6H2. The summed E-state index contributed by atoms with van der Waals surface area (Å²) >= 11 is 0. The van der Waals surface area contributed by atoms with Crippen LogP contribution in [0.4, 0.5) is 0 Å². The van der Waals surface area contributed by atoms with Crippen LogP contribution in [0.15, 0.2) is 22.8 Å². The lowest BCUT2D eigenvalue weighted by Crippen LogP contribution is -2.27. The number of nitriles is 1. The summed E-state index contributed by atoms with van der Waals surface area (Å²) in [7, 11) is 0. The van der Waals surface area contributed by atoms with Crippen LogP contribution >= 0.6 is 0 Å². The fraction of sp³-hybridized carbons (Fsp3) is 0.400. The van der Waals surface area contributed by atoms with Crippen LogP contribution in [0.2, 0.25) is 0 Å². The Bertz CT molecular complexity index is 358. The molecule has 0 aromatic heterocycles. The number of allylic oxidation sites excluding steroid dienone is 1. The number of hydrogen-bond donors (Lipinski definition) is 1. The number of carbonyl (C=O) groups is 1. The van der Waals surface area contributed by atoms with E-state index in [2.05, 4.69) is 5.32 Å². The van der Waals surface area contributed by atoms with Gasteiger partial charge in [-0.05, 0) is 24.6 Å². The van der Waals surface area contributed by atoms with Crippen LogP contribution in [0.1, 0.15) is 12.8 Å². The lowest BCUT2D eigenvalue weighted by Gasteiger charge is -2.22. The Morgan fingerprint density at radius 1 is 1.54 bits per heavy atom. The van der Waals surface area contributed by atoms with E-state index < -0.39 is 0 Å². The minimum absolute atomic E-state index is 0.0249. The highest BCUT2D eigenvalue weighted by Crippen LogP contribution is 2.24. The first-order valence-corrected chi connectivity index (χ1v) is 4.38. The van der Waals surface area contributed by atoms with Crippen LogP contribution < -0.4 is 5.32 Å². The van der Waals surface area contributed by atoms with E-state index in [4.69, 9.17) is 5.26 Å². The molecule has 2 aliphatic rings. The molecule has 0 bridgehead atoms. The van der Waals surface area contributed by atoms with E-state index in [0.29, 0.717) is 12.0 Å². The van der Waals surface area contributed by atoms with Gasteiger partial charge >= 0.3 is 0 Å². The molecule has 13 heavy (non-hydrogen) atoms.